The molecule has 1 aromatic carbocycles. The van der Waals surface area contributed by atoms with Crippen molar-refractivity contribution >= 4 is 28.9 Å². The smallest absolute Gasteiger partial charge is 0.325 e. The maximum absolute atomic E-state index is 12.5. The van der Waals surface area contributed by atoms with Crippen molar-refractivity contribution in [2.75, 3.05) is 13.6 Å². The minimum Gasteiger partial charge on any atom is -0.335 e. The van der Waals surface area contributed by atoms with Crippen LogP contribution in [0.5, 0.6) is 0 Å². The van der Waals surface area contributed by atoms with Gasteiger partial charge in [0.05, 0.1) is 0 Å². The largest absolute Gasteiger partial charge is 0.335 e. The second kappa shape index (κ2) is 7.47. The van der Waals surface area contributed by atoms with Crippen LogP contribution in [0.1, 0.15) is 25.8 Å². The number of thioether (sulfide) groups is 1. The van der Waals surface area contributed by atoms with E-state index in [-0.39, 0.29) is 11.9 Å². The second-order valence-corrected chi connectivity index (χ2v) is 7.85. The fourth-order valence-electron chi connectivity index (χ4n) is 2.99. The van der Waals surface area contributed by atoms with Crippen LogP contribution in [0.3, 0.4) is 0 Å². The van der Waals surface area contributed by atoms with Crippen LogP contribution in [0.25, 0.3) is 0 Å². The molecule has 3 atom stereocenters. The van der Waals surface area contributed by atoms with Gasteiger partial charge in [0.2, 0.25) is 0 Å². The van der Waals surface area contributed by atoms with Gasteiger partial charge in [0.25, 0.3) is 5.91 Å². The van der Waals surface area contributed by atoms with Gasteiger partial charge in [-0.15, -0.1) is 0 Å². The van der Waals surface area contributed by atoms with E-state index in [9.17, 15) is 9.59 Å². The quantitative estimate of drug-likeness (QED) is 0.875. The number of urea groups is 1. The number of benzene rings is 1. The minimum absolute atomic E-state index is 0.260. The van der Waals surface area contributed by atoms with E-state index in [1.165, 1.54) is 10.5 Å². The second-order valence-electron chi connectivity index (χ2n) is 6.44. The molecule has 134 valence electrons. The molecule has 1 fully saturated rings. The molecule has 0 radical (unpaired) electrons. The van der Waals surface area contributed by atoms with Gasteiger partial charge in [0, 0.05) is 18.8 Å². The summed E-state index contributed by atoms with van der Waals surface area (Å²) in [5.74, 6) is -0.260. The topological polar surface area (TPSA) is 65.0 Å². The molecule has 1 aromatic rings. The Hall–Kier alpha value is -2.02. The molecule has 0 saturated carbocycles. The summed E-state index contributed by atoms with van der Waals surface area (Å²) in [7, 11) is 1.69. The van der Waals surface area contributed by atoms with Crippen LogP contribution < -0.4 is 5.32 Å². The predicted octanol–water partition coefficient (Wildman–Crippen LogP) is 2.31. The lowest BCUT2D eigenvalue weighted by molar-refractivity contribution is -0.127. The van der Waals surface area contributed by atoms with Crippen molar-refractivity contribution < 1.29 is 9.59 Å². The molecular weight excluding hydrogens is 336 g/mol. The molecule has 0 aliphatic carbocycles. The third kappa shape index (κ3) is 3.66. The average molecular weight is 360 g/mol. The number of nitrogens with one attached hydrogen (secondary N) is 1. The van der Waals surface area contributed by atoms with E-state index < -0.39 is 12.2 Å². The Morgan fingerprint density at radius 1 is 1.28 bits per heavy atom. The van der Waals surface area contributed by atoms with Crippen LogP contribution >= 0.6 is 11.8 Å². The number of amidine groups is 1. The van der Waals surface area contributed by atoms with Crippen molar-refractivity contribution in [1.29, 1.82) is 0 Å². The van der Waals surface area contributed by atoms with Gasteiger partial charge in [-0.25, -0.2) is 9.79 Å². The number of likely N-dealkylation sites (N-methyl/N-ethyl adjacent to an activating group) is 1. The van der Waals surface area contributed by atoms with Crippen molar-refractivity contribution in [3.63, 3.8) is 0 Å². The molecule has 1 N–H and O–H groups in total. The number of amides is 3. The van der Waals surface area contributed by atoms with Gasteiger partial charge in [-0.1, -0.05) is 55.9 Å². The van der Waals surface area contributed by atoms with E-state index in [4.69, 9.17) is 4.99 Å². The van der Waals surface area contributed by atoms with Gasteiger partial charge >= 0.3 is 6.03 Å². The molecule has 6 nitrogen and oxygen atoms in total. The minimum atomic E-state index is -0.446. The first-order valence-corrected chi connectivity index (χ1v) is 9.52. The summed E-state index contributed by atoms with van der Waals surface area (Å²) in [6.07, 6.45) is 1.41. The Balaban J connectivity index is 1.82. The van der Waals surface area contributed by atoms with E-state index >= 15 is 0 Å². The zero-order valence-electron chi connectivity index (χ0n) is 14.8. The summed E-state index contributed by atoms with van der Waals surface area (Å²) in [6.45, 7) is 4.99. The SMILES string of the molecule is CCC(C)SC1=NC2C(C(=O)NC(=O)N2C)N1CCc1ccccc1. The Morgan fingerprint density at radius 3 is 2.68 bits per heavy atom. The first kappa shape index (κ1) is 17.8. The number of nitrogens with zero attached hydrogens (tertiary/aromatic N) is 3. The van der Waals surface area contributed by atoms with Gasteiger partial charge in [-0.3, -0.25) is 10.1 Å². The van der Waals surface area contributed by atoms with E-state index in [2.05, 4.69) is 36.2 Å². The van der Waals surface area contributed by atoms with Crippen LogP contribution in [-0.4, -0.2) is 58.0 Å². The molecule has 25 heavy (non-hydrogen) atoms. The molecular formula is C18H24N4O2S. The number of carbonyl (C=O) groups excluding carboxylic acids is 2. The van der Waals surface area contributed by atoms with Gasteiger partial charge in [-0.2, -0.15) is 0 Å². The highest BCUT2D eigenvalue weighted by molar-refractivity contribution is 8.14. The Labute approximate surface area is 152 Å². The van der Waals surface area contributed by atoms with E-state index in [1.807, 2.05) is 18.2 Å². The number of hydrogen-bond donors (Lipinski definition) is 1. The molecule has 1 saturated heterocycles. The average Bonchev–Trinajstić information content (AvgIpc) is 2.97. The summed E-state index contributed by atoms with van der Waals surface area (Å²) in [4.78, 5) is 32.7. The molecule has 0 spiro atoms. The summed E-state index contributed by atoms with van der Waals surface area (Å²) < 4.78 is 0. The monoisotopic (exact) mass is 360 g/mol. The van der Waals surface area contributed by atoms with Gasteiger partial charge in [0.1, 0.15) is 0 Å². The molecule has 3 amide bonds. The van der Waals surface area contributed by atoms with Crippen molar-refractivity contribution in [1.82, 2.24) is 15.1 Å². The van der Waals surface area contributed by atoms with Crippen molar-refractivity contribution in [3.05, 3.63) is 35.9 Å². The first-order chi connectivity index (χ1) is 12.0. The molecule has 0 aromatic heterocycles. The lowest BCUT2D eigenvalue weighted by Crippen LogP contribution is -2.63. The molecule has 2 aliphatic heterocycles. The zero-order valence-corrected chi connectivity index (χ0v) is 15.6. The summed E-state index contributed by atoms with van der Waals surface area (Å²) in [6, 6.07) is 9.38. The van der Waals surface area contributed by atoms with E-state index in [1.54, 1.807) is 18.8 Å². The molecule has 2 heterocycles. The van der Waals surface area contributed by atoms with Crippen molar-refractivity contribution in [2.45, 2.75) is 44.1 Å². The standard InChI is InChI=1S/C18H24N4O2S/c1-4-12(2)25-18-19-15-14(16(23)20-17(24)21(15)3)22(18)11-10-13-8-6-5-7-9-13/h5-9,12,14-15H,4,10-11H2,1-3H3,(H,20,23,24). The molecule has 3 unspecified atom stereocenters. The third-order valence-electron chi connectivity index (χ3n) is 4.69. The van der Waals surface area contributed by atoms with Gasteiger partial charge in [-0.05, 0) is 18.4 Å². The van der Waals surface area contributed by atoms with Crippen LogP contribution in [0.2, 0.25) is 0 Å². The summed E-state index contributed by atoms with van der Waals surface area (Å²) in [5, 5.41) is 3.70. The molecule has 2 aliphatic rings. The van der Waals surface area contributed by atoms with E-state index in [0.717, 1.165) is 18.0 Å². The fourth-order valence-corrected chi connectivity index (χ4v) is 4.03. The summed E-state index contributed by atoms with van der Waals surface area (Å²) in [5.41, 5.74) is 1.22. The maximum Gasteiger partial charge on any atom is 0.325 e. The molecule has 7 heteroatoms. The number of aliphatic imine (C=N–C) groups is 1. The van der Waals surface area contributed by atoms with Crippen molar-refractivity contribution in [3.8, 4) is 0 Å². The predicted molar refractivity (Wildman–Crippen MR) is 101 cm³/mol. The number of imide groups is 1. The van der Waals surface area contributed by atoms with Gasteiger partial charge < -0.3 is 9.80 Å². The fraction of sp³-hybridized carbons (Fsp3) is 0.500. The summed E-state index contributed by atoms with van der Waals surface area (Å²) >= 11 is 1.68. The number of carbonyl (C=O) groups is 2. The number of rotatable bonds is 5. The molecule has 3 rings (SSSR count). The highest BCUT2D eigenvalue weighted by atomic mass is 32.2. The lowest BCUT2D eigenvalue weighted by Gasteiger charge is -2.36. The highest BCUT2D eigenvalue weighted by Gasteiger charge is 2.48. The van der Waals surface area contributed by atoms with Crippen LogP contribution in [-0.2, 0) is 11.2 Å². The van der Waals surface area contributed by atoms with Crippen LogP contribution in [0.15, 0.2) is 35.3 Å². The van der Waals surface area contributed by atoms with Crippen LogP contribution in [0, 0.1) is 0 Å². The highest BCUT2D eigenvalue weighted by Crippen LogP contribution is 2.31. The maximum atomic E-state index is 12.5. The third-order valence-corrected chi connectivity index (χ3v) is 5.97. The van der Waals surface area contributed by atoms with Gasteiger partial charge in [0.15, 0.2) is 17.4 Å². The Bertz CT molecular complexity index is 679. The first-order valence-electron chi connectivity index (χ1n) is 8.64. The normalized spacial score (nSPS) is 24.0. The number of fused-ring (bicyclic) bond motifs is 1. The molecule has 0 bridgehead atoms. The number of hydrogen-bond acceptors (Lipinski definition) is 5. The van der Waals surface area contributed by atoms with E-state index in [0.29, 0.717) is 11.8 Å². The lowest BCUT2D eigenvalue weighted by atomic mass is 10.1. The Kier molecular flexibility index (Phi) is 5.32. The zero-order chi connectivity index (χ0) is 18.0. The van der Waals surface area contributed by atoms with Crippen molar-refractivity contribution in [2.24, 2.45) is 4.99 Å². The van der Waals surface area contributed by atoms with Crippen LogP contribution in [0.4, 0.5) is 4.79 Å². The Morgan fingerprint density at radius 2 is 2.00 bits per heavy atom.